The Hall–Kier alpha value is -2.07. The molecule has 84 valence electrons. The molecule has 0 aliphatic rings. The van der Waals surface area contributed by atoms with E-state index in [1.54, 1.807) is 23.6 Å². The smallest absolute Gasteiger partial charge is 0.337 e. The van der Waals surface area contributed by atoms with Gasteiger partial charge in [0.05, 0.1) is 5.56 Å². The number of aromatic carboxylic acids is 1. The van der Waals surface area contributed by atoms with Crippen molar-refractivity contribution in [2.45, 2.75) is 0 Å². The fourth-order valence-electron chi connectivity index (χ4n) is 1.83. The van der Waals surface area contributed by atoms with Crippen molar-refractivity contribution in [2.24, 2.45) is 0 Å². The van der Waals surface area contributed by atoms with Crippen LogP contribution in [0.15, 0.2) is 47.4 Å². The molecule has 0 aliphatic heterocycles. The summed E-state index contributed by atoms with van der Waals surface area (Å²) in [4.78, 5) is 10.9. The maximum atomic E-state index is 10.9. The van der Waals surface area contributed by atoms with Crippen LogP contribution in [0.1, 0.15) is 10.4 Å². The summed E-state index contributed by atoms with van der Waals surface area (Å²) in [6.07, 6.45) is 3.58. The molecule has 17 heavy (non-hydrogen) atoms. The number of carboxylic acid groups (broad SMARTS) is 1. The van der Waals surface area contributed by atoms with Crippen molar-refractivity contribution < 1.29 is 9.90 Å². The third-order valence-electron chi connectivity index (χ3n) is 2.69. The molecule has 0 atom stereocenters. The standard InChI is InChI=1S/C13H9NO2S/c15-13(16)11-5-12-2-1-9(6-14(12)7-11)10-3-4-17-8-10/h1-8H,(H,15,16). The van der Waals surface area contributed by atoms with E-state index in [-0.39, 0.29) is 0 Å². The first kappa shape index (κ1) is 10.1. The summed E-state index contributed by atoms with van der Waals surface area (Å²) in [7, 11) is 0. The van der Waals surface area contributed by atoms with Gasteiger partial charge in [-0.3, -0.25) is 0 Å². The van der Waals surface area contributed by atoms with Gasteiger partial charge >= 0.3 is 5.97 Å². The van der Waals surface area contributed by atoms with Crippen LogP contribution in [-0.4, -0.2) is 15.5 Å². The number of aromatic nitrogens is 1. The molecule has 0 aliphatic carbocycles. The first-order valence-corrected chi connectivity index (χ1v) is 6.06. The average Bonchev–Trinajstić information content (AvgIpc) is 2.97. The Morgan fingerprint density at radius 2 is 2.06 bits per heavy atom. The first-order valence-electron chi connectivity index (χ1n) is 5.12. The van der Waals surface area contributed by atoms with E-state index in [9.17, 15) is 4.79 Å². The van der Waals surface area contributed by atoms with Crippen LogP contribution in [0.5, 0.6) is 0 Å². The van der Waals surface area contributed by atoms with E-state index in [0.717, 1.165) is 16.6 Å². The summed E-state index contributed by atoms with van der Waals surface area (Å²) < 4.78 is 1.84. The first-order chi connectivity index (χ1) is 8.24. The Morgan fingerprint density at radius 1 is 1.18 bits per heavy atom. The van der Waals surface area contributed by atoms with Gasteiger partial charge in [-0.1, -0.05) is 6.07 Å². The maximum Gasteiger partial charge on any atom is 0.337 e. The van der Waals surface area contributed by atoms with Crippen LogP contribution < -0.4 is 0 Å². The second kappa shape index (κ2) is 3.75. The van der Waals surface area contributed by atoms with Gasteiger partial charge in [-0.2, -0.15) is 11.3 Å². The average molecular weight is 243 g/mol. The van der Waals surface area contributed by atoms with E-state index in [1.165, 1.54) is 0 Å². The van der Waals surface area contributed by atoms with Crippen LogP contribution in [0.4, 0.5) is 0 Å². The number of carbonyl (C=O) groups is 1. The Balaban J connectivity index is 2.16. The van der Waals surface area contributed by atoms with E-state index in [2.05, 4.69) is 5.38 Å². The Morgan fingerprint density at radius 3 is 2.76 bits per heavy atom. The van der Waals surface area contributed by atoms with Gasteiger partial charge in [-0.05, 0) is 40.1 Å². The lowest BCUT2D eigenvalue weighted by Gasteiger charge is -1.99. The topological polar surface area (TPSA) is 41.7 Å². The summed E-state index contributed by atoms with van der Waals surface area (Å²) in [6, 6.07) is 7.65. The molecular weight excluding hydrogens is 234 g/mol. The van der Waals surface area contributed by atoms with Gasteiger partial charge in [-0.25, -0.2) is 4.79 Å². The van der Waals surface area contributed by atoms with Gasteiger partial charge in [0.1, 0.15) is 0 Å². The van der Waals surface area contributed by atoms with Crippen LogP contribution in [0.25, 0.3) is 16.6 Å². The molecule has 3 aromatic rings. The molecule has 0 saturated carbocycles. The van der Waals surface area contributed by atoms with Crippen LogP contribution in [0.2, 0.25) is 0 Å². The van der Waals surface area contributed by atoms with Crippen molar-refractivity contribution in [3.63, 3.8) is 0 Å². The largest absolute Gasteiger partial charge is 0.478 e. The fraction of sp³-hybridized carbons (Fsp3) is 0. The van der Waals surface area contributed by atoms with Crippen LogP contribution in [-0.2, 0) is 0 Å². The zero-order valence-corrected chi connectivity index (χ0v) is 9.65. The highest BCUT2D eigenvalue weighted by atomic mass is 32.1. The molecule has 3 heterocycles. The zero-order valence-electron chi connectivity index (χ0n) is 8.83. The molecule has 0 amide bonds. The number of nitrogens with zero attached hydrogens (tertiary/aromatic N) is 1. The minimum Gasteiger partial charge on any atom is -0.478 e. The molecule has 3 aromatic heterocycles. The summed E-state index contributed by atoms with van der Waals surface area (Å²) in [5.41, 5.74) is 3.45. The molecule has 0 radical (unpaired) electrons. The van der Waals surface area contributed by atoms with Crippen molar-refractivity contribution in [2.75, 3.05) is 0 Å². The third-order valence-corrected chi connectivity index (χ3v) is 3.38. The van der Waals surface area contributed by atoms with E-state index in [0.29, 0.717) is 5.56 Å². The number of pyridine rings is 1. The van der Waals surface area contributed by atoms with Gasteiger partial charge in [0.2, 0.25) is 0 Å². The van der Waals surface area contributed by atoms with E-state index < -0.39 is 5.97 Å². The molecule has 0 aromatic carbocycles. The number of hydrogen-bond donors (Lipinski definition) is 1. The van der Waals surface area contributed by atoms with Crippen molar-refractivity contribution in [3.05, 3.63) is 53.0 Å². The molecular formula is C13H9NO2S. The lowest BCUT2D eigenvalue weighted by atomic mass is 10.1. The van der Waals surface area contributed by atoms with Crippen LogP contribution in [0, 0.1) is 0 Å². The lowest BCUT2D eigenvalue weighted by Crippen LogP contribution is -1.92. The summed E-state index contributed by atoms with van der Waals surface area (Å²) in [6.45, 7) is 0. The minimum absolute atomic E-state index is 0.312. The van der Waals surface area contributed by atoms with Gasteiger partial charge in [0.25, 0.3) is 0 Å². The molecule has 4 heteroatoms. The van der Waals surface area contributed by atoms with Gasteiger partial charge < -0.3 is 9.51 Å². The van der Waals surface area contributed by atoms with Gasteiger partial charge in [-0.15, -0.1) is 0 Å². The Bertz CT molecular complexity index is 683. The quantitative estimate of drug-likeness (QED) is 0.749. The predicted octanol–water partition coefficient (Wildman–Crippen LogP) is 3.37. The van der Waals surface area contributed by atoms with E-state index in [4.69, 9.17) is 5.11 Å². The molecule has 0 saturated heterocycles. The predicted molar refractivity (Wildman–Crippen MR) is 67.7 cm³/mol. The molecule has 0 bridgehead atoms. The van der Waals surface area contributed by atoms with Crippen molar-refractivity contribution >= 4 is 22.8 Å². The number of rotatable bonds is 2. The highest BCUT2D eigenvalue weighted by Crippen LogP contribution is 2.23. The Labute approximate surface area is 102 Å². The molecule has 0 unspecified atom stereocenters. The van der Waals surface area contributed by atoms with Gasteiger partial charge in [0.15, 0.2) is 0 Å². The van der Waals surface area contributed by atoms with Crippen LogP contribution in [0.3, 0.4) is 0 Å². The lowest BCUT2D eigenvalue weighted by molar-refractivity contribution is 0.0697. The molecule has 3 nitrogen and oxygen atoms in total. The number of fused-ring (bicyclic) bond motifs is 1. The molecule has 0 fully saturated rings. The number of carboxylic acids is 1. The van der Waals surface area contributed by atoms with Crippen molar-refractivity contribution in [1.82, 2.24) is 4.40 Å². The van der Waals surface area contributed by atoms with E-state index >= 15 is 0 Å². The summed E-state index contributed by atoms with van der Waals surface area (Å²) in [5, 5.41) is 13.0. The SMILES string of the molecule is O=C(O)c1cc2ccc(-c3ccsc3)cn2c1. The van der Waals surface area contributed by atoms with Gasteiger partial charge in [0, 0.05) is 17.9 Å². The molecule has 0 spiro atoms. The van der Waals surface area contributed by atoms with Crippen molar-refractivity contribution in [1.29, 1.82) is 0 Å². The zero-order chi connectivity index (χ0) is 11.8. The maximum absolute atomic E-state index is 10.9. The van der Waals surface area contributed by atoms with E-state index in [1.807, 2.05) is 34.2 Å². The second-order valence-electron chi connectivity index (χ2n) is 3.80. The monoisotopic (exact) mass is 243 g/mol. The third kappa shape index (κ3) is 1.72. The number of hydrogen-bond acceptors (Lipinski definition) is 2. The summed E-state index contributed by atoms with van der Waals surface area (Å²) in [5.74, 6) is -0.897. The van der Waals surface area contributed by atoms with Crippen LogP contribution >= 0.6 is 11.3 Å². The number of thiophene rings is 1. The fourth-order valence-corrected chi connectivity index (χ4v) is 2.49. The molecule has 1 N–H and O–H groups in total. The minimum atomic E-state index is -0.897. The highest BCUT2D eigenvalue weighted by molar-refractivity contribution is 7.08. The van der Waals surface area contributed by atoms with Crippen molar-refractivity contribution in [3.8, 4) is 11.1 Å². The molecule has 3 rings (SSSR count). The highest BCUT2D eigenvalue weighted by Gasteiger charge is 2.07. The Kier molecular flexibility index (Phi) is 2.23. The second-order valence-corrected chi connectivity index (χ2v) is 4.58. The normalized spacial score (nSPS) is 10.8. The summed E-state index contributed by atoms with van der Waals surface area (Å²) >= 11 is 1.65.